The molecular formula is C6H11N4OPS. The molecule has 0 bridgehead atoms. The molecule has 1 unspecified atom stereocenters. The minimum absolute atomic E-state index is 0.117. The average molecular weight is 218 g/mol. The van der Waals surface area contributed by atoms with Gasteiger partial charge in [0.25, 0.3) is 0 Å². The Morgan fingerprint density at radius 1 is 1.31 bits per heavy atom. The third-order valence-electron chi connectivity index (χ3n) is 1.99. The Morgan fingerprint density at radius 3 is 2.54 bits per heavy atom. The van der Waals surface area contributed by atoms with Crippen molar-refractivity contribution in [1.29, 1.82) is 0 Å². The zero-order valence-corrected chi connectivity index (χ0v) is 9.02. The van der Waals surface area contributed by atoms with Gasteiger partial charge in [0, 0.05) is 37.7 Å². The van der Waals surface area contributed by atoms with E-state index in [1.165, 1.54) is 11.5 Å². The summed E-state index contributed by atoms with van der Waals surface area (Å²) in [6.45, 7) is 3.90. The molecule has 0 saturated carbocycles. The Morgan fingerprint density at radius 2 is 2.00 bits per heavy atom. The number of aromatic nitrogens is 2. The van der Waals surface area contributed by atoms with Crippen LogP contribution in [0.1, 0.15) is 0 Å². The molecule has 7 heteroatoms. The minimum atomic E-state index is -0.117. The molecule has 13 heavy (non-hydrogen) atoms. The first-order chi connectivity index (χ1) is 6.25. The predicted octanol–water partition coefficient (Wildman–Crippen LogP) is 0.156. The van der Waals surface area contributed by atoms with Gasteiger partial charge >= 0.3 is 6.01 Å². The topological polar surface area (TPSA) is 52.5 Å². The van der Waals surface area contributed by atoms with Crippen LogP contribution in [0.4, 0.5) is 5.13 Å². The molecule has 0 aliphatic carbocycles. The van der Waals surface area contributed by atoms with Gasteiger partial charge < -0.3 is 10.0 Å². The SMILES string of the molecule is Oc1nsc(N2CCN(P)CC2)n1. The van der Waals surface area contributed by atoms with Crippen molar-refractivity contribution in [3.63, 3.8) is 0 Å². The first kappa shape index (κ1) is 9.12. The smallest absolute Gasteiger partial charge is 0.327 e. The molecule has 72 valence electrons. The molecule has 1 atom stereocenters. The van der Waals surface area contributed by atoms with Gasteiger partial charge in [-0.2, -0.15) is 4.98 Å². The summed E-state index contributed by atoms with van der Waals surface area (Å²) in [5.74, 6) is 0. The minimum Gasteiger partial charge on any atom is -0.478 e. The third-order valence-corrected chi connectivity index (χ3v) is 3.27. The van der Waals surface area contributed by atoms with Crippen LogP contribution in [0.15, 0.2) is 0 Å². The highest BCUT2D eigenvalue weighted by atomic mass is 32.1. The van der Waals surface area contributed by atoms with Crippen LogP contribution in [0.5, 0.6) is 6.01 Å². The molecule has 1 N–H and O–H groups in total. The lowest BCUT2D eigenvalue weighted by atomic mass is 10.4. The van der Waals surface area contributed by atoms with Gasteiger partial charge in [-0.25, -0.2) is 0 Å². The van der Waals surface area contributed by atoms with Crippen LogP contribution < -0.4 is 4.90 Å². The Hall–Kier alpha value is -0.450. The van der Waals surface area contributed by atoms with Gasteiger partial charge in [0.05, 0.1) is 0 Å². The maximum atomic E-state index is 8.98. The second kappa shape index (κ2) is 3.74. The van der Waals surface area contributed by atoms with Gasteiger partial charge in [-0.1, -0.05) is 9.39 Å². The van der Waals surface area contributed by atoms with Crippen molar-refractivity contribution >= 4 is 26.1 Å². The highest BCUT2D eigenvalue weighted by molar-refractivity contribution is 7.13. The van der Waals surface area contributed by atoms with Crippen LogP contribution in [0.25, 0.3) is 0 Å². The fourth-order valence-corrected chi connectivity index (χ4v) is 2.11. The van der Waals surface area contributed by atoms with Gasteiger partial charge in [0.1, 0.15) is 0 Å². The zero-order valence-electron chi connectivity index (χ0n) is 7.05. The van der Waals surface area contributed by atoms with Crippen molar-refractivity contribution in [3.05, 3.63) is 0 Å². The number of rotatable bonds is 1. The summed E-state index contributed by atoms with van der Waals surface area (Å²) in [5, 5.41) is 9.80. The highest BCUT2D eigenvalue weighted by Crippen LogP contribution is 2.21. The van der Waals surface area contributed by atoms with E-state index in [2.05, 4.69) is 28.3 Å². The predicted molar refractivity (Wildman–Crippen MR) is 55.1 cm³/mol. The Balaban J connectivity index is 2.02. The van der Waals surface area contributed by atoms with Crippen LogP contribution in [0, 0.1) is 0 Å². The molecule has 2 heterocycles. The van der Waals surface area contributed by atoms with E-state index in [4.69, 9.17) is 5.11 Å². The molecule has 1 saturated heterocycles. The molecule has 1 fully saturated rings. The largest absolute Gasteiger partial charge is 0.478 e. The van der Waals surface area contributed by atoms with Gasteiger partial charge in [-0.3, -0.25) is 4.67 Å². The van der Waals surface area contributed by atoms with Gasteiger partial charge in [0.2, 0.25) is 5.13 Å². The average Bonchev–Trinajstić information content (AvgIpc) is 2.53. The second-order valence-corrected chi connectivity index (χ2v) is 4.36. The van der Waals surface area contributed by atoms with Crippen molar-refractivity contribution in [2.75, 3.05) is 31.1 Å². The molecule has 5 nitrogen and oxygen atoms in total. The maximum Gasteiger partial charge on any atom is 0.327 e. The molecule has 1 aliphatic rings. The molecule has 0 radical (unpaired) electrons. The van der Waals surface area contributed by atoms with Gasteiger partial charge in [-0.05, 0) is 0 Å². The monoisotopic (exact) mass is 218 g/mol. The van der Waals surface area contributed by atoms with E-state index in [-0.39, 0.29) is 6.01 Å². The van der Waals surface area contributed by atoms with Crippen molar-refractivity contribution in [2.45, 2.75) is 0 Å². The number of hydrogen-bond acceptors (Lipinski definition) is 6. The van der Waals surface area contributed by atoms with Crippen molar-refractivity contribution in [2.24, 2.45) is 0 Å². The first-order valence-electron chi connectivity index (χ1n) is 4.03. The fraction of sp³-hybridized carbons (Fsp3) is 0.667. The van der Waals surface area contributed by atoms with E-state index in [1.807, 2.05) is 0 Å². The van der Waals surface area contributed by atoms with E-state index < -0.39 is 0 Å². The summed E-state index contributed by atoms with van der Waals surface area (Å²) >= 11 is 1.25. The van der Waals surface area contributed by atoms with E-state index >= 15 is 0 Å². The van der Waals surface area contributed by atoms with Crippen LogP contribution in [-0.2, 0) is 0 Å². The molecule has 1 aromatic rings. The van der Waals surface area contributed by atoms with Crippen LogP contribution in [-0.4, -0.2) is 45.3 Å². The molecule has 0 spiro atoms. The second-order valence-electron chi connectivity index (χ2n) is 2.90. The first-order valence-corrected chi connectivity index (χ1v) is 5.32. The lowest BCUT2D eigenvalue weighted by Gasteiger charge is -2.31. The molecular weight excluding hydrogens is 207 g/mol. The van der Waals surface area contributed by atoms with E-state index in [1.54, 1.807) is 0 Å². The zero-order chi connectivity index (χ0) is 9.26. The summed E-state index contributed by atoms with van der Waals surface area (Å²) in [6, 6.07) is -0.117. The number of hydrogen-bond donors (Lipinski definition) is 1. The third kappa shape index (κ3) is 2.07. The maximum absolute atomic E-state index is 8.98. The summed E-state index contributed by atoms with van der Waals surface area (Å²) in [5.41, 5.74) is 0. The summed E-state index contributed by atoms with van der Waals surface area (Å²) in [4.78, 5) is 6.06. The number of aromatic hydroxyl groups is 1. The van der Waals surface area contributed by atoms with E-state index in [0.29, 0.717) is 0 Å². The number of nitrogens with zero attached hydrogens (tertiary/aromatic N) is 4. The standard InChI is InChI=1S/C6H11N4OPS/c11-5-7-6(13-8-5)9-1-3-10(12)4-2-9/h1-4,12H2,(H,8,11). The molecule has 1 aromatic heterocycles. The Kier molecular flexibility index (Phi) is 2.62. The normalized spacial score (nSPS) is 19.3. The van der Waals surface area contributed by atoms with E-state index in [0.717, 1.165) is 31.3 Å². The van der Waals surface area contributed by atoms with E-state index in [9.17, 15) is 0 Å². The molecule has 1 aliphatic heterocycles. The van der Waals surface area contributed by atoms with Gasteiger partial charge in [-0.15, -0.1) is 4.37 Å². The summed E-state index contributed by atoms with van der Waals surface area (Å²) < 4.78 is 5.93. The number of anilines is 1. The van der Waals surface area contributed by atoms with Crippen molar-refractivity contribution in [1.82, 2.24) is 14.0 Å². The highest BCUT2D eigenvalue weighted by Gasteiger charge is 2.17. The van der Waals surface area contributed by atoms with Crippen LogP contribution >= 0.6 is 20.9 Å². The molecule has 0 aromatic carbocycles. The van der Waals surface area contributed by atoms with Gasteiger partial charge in [0.15, 0.2) is 0 Å². The van der Waals surface area contributed by atoms with Crippen LogP contribution in [0.2, 0.25) is 0 Å². The van der Waals surface area contributed by atoms with Crippen molar-refractivity contribution in [3.8, 4) is 6.01 Å². The fourth-order valence-electron chi connectivity index (χ4n) is 1.25. The lowest BCUT2D eigenvalue weighted by Crippen LogP contribution is -2.42. The number of piperazine rings is 1. The summed E-state index contributed by atoms with van der Waals surface area (Å²) in [7, 11) is 2.69. The summed E-state index contributed by atoms with van der Waals surface area (Å²) in [6.07, 6.45) is 0. The molecule has 0 amide bonds. The lowest BCUT2D eigenvalue weighted by molar-refractivity contribution is 0.422. The molecule has 2 rings (SSSR count). The Bertz CT molecular complexity index is 286. The Labute approximate surface area is 82.8 Å². The quantitative estimate of drug-likeness (QED) is 0.680. The van der Waals surface area contributed by atoms with Crippen LogP contribution in [0.3, 0.4) is 0 Å². The van der Waals surface area contributed by atoms with Crippen molar-refractivity contribution < 1.29 is 5.11 Å².